The van der Waals surface area contributed by atoms with Gasteiger partial charge in [0.2, 0.25) is 10.0 Å². The molecule has 1 aromatic carbocycles. The number of aromatic nitrogens is 4. The van der Waals surface area contributed by atoms with Gasteiger partial charge in [-0.15, -0.1) is 10.2 Å². The van der Waals surface area contributed by atoms with Crippen molar-refractivity contribution in [3.63, 3.8) is 0 Å². The Morgan fingerprint density at radius 1 is 1.37 bits per heavy atom. The van der Waals surface area contributed by atoms with Crippen LogP contribution in [0.15, 0.2) is 29.2 Å². The number of benzene rings is 1. The second-order valence-corrected chi connectivity index (χ2v) is 5.68. The number of H-pyrrole nitrogens is 1. The number of nitrogens with two attached hydrogens (primary N) is 1. The maximum Gasteiger partial charge on any atom is 0.241 e. The molecule has 0 bridgehead atoms. The van der Waals surface area contributed by atoms with Crippen LogP contribution in [0.5, 0.6) is 0 Å². The van der Waals surface area contributed by atoms with Gasteiger partial charge in [0.05, 0.1) is 10.9 Å². The summed E-state index contributed by atoms with van der Waals surface area (Å²) in [4.78, 5) is 0.167. The summed E-state index contributed by atoms with van der Waals surface area (Å²) in [5.74, 6) is 0.280. The molecule has 0 saturated carbocycles. The highest BCUT2D eigenvalue weighted by molar-refractivity contribution is 7.89. The summed E-state index contributed by atoms with van der Waals surface area (Å²) >= 11 is 0. The highest BCUT2D eigenvalue weighted by Crippen LogP contribution is 2.14. The lowest BCUT2D eigenvalue weighted by molar-refractivity contribution is 0.560. The van der Waals surface area contributed by atoms with Gasteiger partial charge in [-0.3, -0.25) is 0 Å². The van der Waals surface area contributed by atoms with Crippen molar-refractivity contribution in [2.75, 3.05) is 0 Å². The zero-order chi connectivity index (χ0) is 13.9. The number of nitrogens with zero attached hydrogens (tertiary/aromatic N) is 3. The van der Waals surface area contributed by atoms with Crippen LogP contribution >= 0.6 is 0 Å². The van der Waals surface area contributed by atoms with E-state index in [1.54, 1.807) is 19.1 Å². The lowest BCUT2D eigenvalue weighted by Gasteiger charge is -2.11. The van der Waals surface area contributed by atoms with E-state index in [0.29, 0.717) is 6.54 Å². The zero-order valence-corrected chi connectivity index (χ0v) is 11.1. The van der Waals surface area contributed by atoms with Crippen LogP contribution in [0.3, 0.4) is 0 Å². The molecule has 8 nitrogen and oxygen atoms in total. The van der Waals surface area contributed by atoms with E-state index in [2.05, 4.69) is 25.3 Å². The average molecular weight is 282 g/mol. The van der Waals surface area contributed by atoms with Gasteiger partial charge < -0.3 is 5.73 Å². The first kappa shape index (κ1) is 13.6. The molecule has 1 atom stereocenters. The van der Waals surface area contributed by atoms with Gasteiger partial charge in [-0.2, -0.15) is 5.21 Å². The summed E-state index contributed by atoms with van der Waals surface area (Å²) in [5, 5.41) is 13.1. The largest absolute Gasteiger partial charge is 0.326 e. The molecule has 0 aliphatic rings. The third kappa shape index (κ3) is 3.13. The van der Waals surface area contributed by atoms with Crippen LogP contribution < -0.4 is 10.5 Å². The zero-order valence-electron chi connectivity index (χ0n) is 10.2. The van der Waals surface area contributed by atoms with E-state index in [-0.39, 0.29) is 10.7 Å². The van der Waals surface area contributed by atoms with E-state index in [9.17, 15) is 8.42 Å². The van der Waals surface area contributed by atoms with Crippen LogP contribution in [-0.2, 0) is 16.6 Å². The predicted molar refractivity (Wildman–Crippen MR) is 67.2 cm³/mol. The van der Waals surface area contributed by atoms with Crippen LogP contribution in [0.2, 0.25) is 0 Å². The van der Waals surface area contributed by atoms with E-state index in [1.165, 1.54) is 12.1 Å². The van der Waals surface area contributed by atoms with Crippen LogP contribution in [-0.4, -0.2) is 29.0 Å². The third-order valence-electron chi connectivity index (χ3n) is 2.55. The topological polar surface area (TPSA) is 127 Å². The highest BCUT2D eigenvalue weighted by Gasteiger charge is 2.20. The van der Waals surface area contributed by atoms with Crippen LogP contribution in [0.25, 0.3) is 0 Å². The Morgan fingerprint density at radius 3 is 2.58 bits per heavy atom. The van der Waals surface area contributed by atoms with Gasteiger partial charge in [0.25, 0.3) is 0 Å². The van der Waals surface area contributed by atoms with Crippen molar-refractivity contribution in [3.05, 3.63) is 35.7 Å². The van der Waals surface area contributed by atoms with Gasteiger partial charge in [-0.1, -0.05) is 17.3 Å². The number of sulfonamides is 1. The van der Waals surface area contributed by atoms with E-state index in [4.69, 9.17) is 5.73 Å². The maximum atomic E-state index is 12.1. The lowest BCUT2D eigenvalue weighted by Crippen LogP contribution is -2.27. The highest BCUT2D eigenvalue weighted by atomic mass is 32.2. The van der Waals surface area contributed by atoms with Crippen molar-refractivity contribution >= 4 is 10.0 Å². The molecule has 0 amide bonds. The molecule has 0 aliphatic carbocycles. The summed E-state index contributed by atoms with van der Waals surface area (Å²) in [6, 6.07) is 5.79. The molecule has 0 saturated heterocycles. The summed E-state index contributed by atoms with van der Waals surface area (Å²) in [5.41, 5.74) is 6.33. The van der Waals surface area contributed by atoms with Crippen molar-refractivity contribution < 1.29 is 8.42 Å². The Kier molecular flexibility index (Phi) is 3.88. The molecule has 4 N–H and O–H groups in total. The van der Waals surface area contributed by atoms with Crippen LogP contribution in [0, 0.1) is 0 Å². The molecule has 0 fully saturated rings. The first-order chi connectivity index (χ1) is 9.03. The Labute approximate surface area is 110 Å². The average Bonchev–Trinajstić information content (AvgIpc) is 2.92. The summed E-state index contributed by atoms with van der Waals surface area (Å²) in [7, 11) is -3.62. The van der Waals surface area contributed by atoms with Crippen molar-refractivity contribution in [1.82, 2.24) is 25.3 Å². The normalized spacial score (nSPS) is 13.4. The van der Waals surface area contributed by atoms with E-state index in [0.717, 1.165) is 5.56 Å². The summed E-state index contributed by atoms with van der Waals surface area (Å²) < 4.78 is 26.7. The predicted octanol–water partition coefficient (Wildman–Crippen LogP) is -0.302. The molecule has 2 rings (SSSR count). The number of hydrogen-bond donors (Lipinski definition) is 3. The van der Waals surface area contributed by atoms with Gasteiger partial charge in [-0.25, -0.2) is 13.1 Å². The fraction of sp³-hybridized carbons (Fsp3) is 0.300. The van der Waals surface area contributed by atoms with Crippen molar-refractivity contribution in [1.29, 1.82) is 0 Å². The minimum Gasteiger partial charge on any atom is -0.326 e. The minimum absolute atomic E-state index is 0.167. The Hall–Kier alpha value is -1.84. The summed E-state index contributed by atoms with van der Waals surface area (Å²) in [6.07, 6.45) is 0. The Bertz CT molecular complexity index is 623. The van der Waals surface area contributed by atoms with Crippen molar-refractivity contribution in [2.24, 2.45) is 5.73 Å². The lowest BCUT2D eigenvalue weighted by atomic mass is 10.2. The number of aromatic amines is 1. The monoisotopic (exact) mass is 282 g/mol. The molecule has 0 aliphatic heterocycles. The molecule has 102 valence electrons. The fourth-order valence-corrected chi connectivity index (χ4v) is 2.71. The van der Waals surface area contributed by atoms with E-state index < -0.39 is 16.1 Å². The van der Waals surface area contributed by atoms with Crippen molar-refractivity contribution in [3.8, 4) is 0 Å². The molecule has 1 unspecified atom stereocenters. The number of nitrogens with one attached hydrogen (secondary N) is 2. The minimum atomic E-state index is -3.62. The van der Waals surface area contributed by atoms with Gasteiger partial charge in [0, 0.05) is 6.54 Å². The molecule has 1 heterocycles. The van der Waals surface area contributed by atoms with Gasteiger partial charge in [0.15, 0.2) is 5.82 Å². The van der Waals surface area contributed by atoms with E-state index in [1.807, 2.05) is 0 Å². The fourth-order valence-electron chi connectivity index (χ4n) is 1.51. The summed E-state index contributed by atoms with van der Waals surface area (Å²) in [6.45, 7) is 2.00. The van der Waals surface area contributed by atoms with E-state index >= 15 is 0 Å². The standard InChI is InChI=1S/C10H14N6O2S/c1-7(10-12-15-16-13-10)14-19(17,18)9-4-2-8(6-11)3-5-9/h2-5,7,14H,6,11H2,1H3,(H,12,13,15,16). The molecule has 19 heavy (non-hydrogen) atoms. The van der Waals surface area contributed by atoms with Gasteiger partial charge in [0.1, 0.15) is 0 Å². The van der Waals surface area contributed by atoms with Gasteiger partial charge >= 0.3 is 0 Å². The maximum absolute atomic E-state index is 12.1. The number of rotatable bonds is 5. The molecule has 9 heteroatoms. The molecule has 0 spiro atoms. The van der Waals surface area contributed by atoms with Crippen molar-refractivity contribution in [2.45, 2.75) is 24.4 Å². The quantitative estimate of drug-likeness (QED) is 0.691. The van der Waals surface area contributed by atoms with Crippen LogP contribution in [0.4, 0.5) is 0 Å². The van der Waals surface area contributed by atoms with Crippen LogP contribution in [0.1, 0.15) is 24.4 Å². The van der Waals surface area contributed by atoms with Gasteiger partial charge in [-0.05, 0) is 24.6 Å². The molecule has 0 radical (unpaired) electrons. The molecule has 2 aromatic rings. The number of hydrogen-bond acceptors (Lipinski definition) is 6. The molecule has 1 aromatic heterocycles. The number of tetrazole rings is 1. The smallest absolute Gasteiger partial charge is 0.241 e. The second-order valence-electron chi connectivity index (χ2n) is 3.96. The second kappa shape index (κ2) is 5.43. The SMILES string of the molecule is CC(NS(=O)(=O)c1ccc(CN)cc1)c1nn[nH]n1. The molecular formula is C10H14N6O2S. The first-order valence-corrected chi connectivity index (χ1v) is 7.06. The third-order valence-corrected chi connectivity index (χ3v) is 4.11. The Morgan fingerprint density at radius 2 is 2.05 bits per heavy atom. The first-order valence-electron chi connectivity index (χ1n) is 5.57. The Balaban J connectivity index is 2.17. The molecular weight excluding hydrogens is 268 g/mol.